The number of hydrogen-bond acceptors (Lipinski definition) is 1. The summed E-state index contributed by atoms with van der Waals surface area (Å²) in [5, 5.41) is 9.56. The summed E-state index contributed by atoms with van der Waals surface area (Å²) >= 11 is 0. The maximum Gasteiger partial charge on any atom is 0.0934 e. The van der Waals surface area contributed by atoms with Crippen LogP contribution in [0.15, 0.2) is 36.5 Å². The normalized spacial score (nSPS) is 20.4. The van der Waals surface area contributed by atoms with Crippen LogP contribution in [0.2, 0.25) is 0 Å². The largest absolute Gasteiger partial charge is 0.385 e. The van der Waals surface area contributed by atoms with Gasteiger partial charge >= 0.3 is 0 Å². The highest BCUT2D eigenvalue weighted by atomic mass is 16.3. The van der Waals surface area contributed by atoms with E-state index in [0.29, 0.717) is 0 Å². The van der Waals surface area contributed by atoms with E-state index < -0.39 is 6.10 Å². The molecule has 0 amide bonds. The van der Waals surface area contributed by atoms with Crippen LogP contribution in [0.1, 0.15) is 25.7 Å². The number of rotatable bonds is 3. The Bertz CT molecular complexity index is 213. The molecule has 1 aliphatic carbocycles. The molecule has 1 unspecified atom stereocenters. The molecule has 0 aromatic rings. The molecule has 12 heavy (non-hydrogen) atoms. The lowest BCUT2D eigenvalue weighted by Crippen LogP contribution is -2.11. The zero-order valence-corrected chi connectivity index (χ0v) is 7.42. The molecule has 1 N–H and O–H groups in total. The van der Waals surface area contributed by atoms with Gasteiger partial charge in [-0.25, -0.2) is 0 Å². The van der Waals surface area contributed by atoms with Crippen LogP contribution < -0.4 is 0 Å². The fourth-order valence-electron chi connectivity index (χ4n) is 1.67. The number of allylic oxidation sites excluding steroid dienone is 2. The third kappa shape index (κ3) is 1.86. The van der Waals surface area contributed by atoms with Crippen molar-refractivity contribution >= 4 is 0 Å². The third-order valence-electron chi connectivity index (χ3n) is 2.38. The van der Waals surface area contributed by atoms with Gasteiger partial charge in [0.2, 0.25) is 0 Å². The van der Waals surface area contributed by atoms with Gasteiger partial charge in [-0.1, -0.05) is 18.7 Å². The van der Waals surface area contributed by atoms with Crippen molar-refractivity contribution in [3.8, 4) is 0 Å². The quantitative estimate of drug-likeness (QED) is 0.636. The molecule has 0 aliphatic heterocycles. The molecular weight excluding hydrogens is 148 g/mol. The molecule has 0 aromatic heterocycles. The molecule has 1 heteroatoms. The predicted octanol–water partition coefficient (Wildman–Crippen LogP) is 2.59. The van der Waals surface area contributed by atoms with Gasteiger partial charge in [0, 0.05) is 0 Å². The first-order valence-corrected chi connectivity index (χ1v) is 4.44. The van der Waals surface area contributed by atoms with Crippen LogP contribution in [0.3, 0.4) is 0 Å². The summed E-state index contributed by atoms with van der Waals surface area (Å²) in [5.41, 5.74) is 2.33. The van der Waals surface area contributed by atoms with E-state index >= 15 is 0 Å². The van der Waals surface area contributed by atoms with Crippen molar-refractivity contribution in [1.29, 1.82) is 0 Å². The monoisotopic (exact) mass is 164 g/mol. The molecule has 1 atom stereocenters. The highest BCUT2D eigenvalue weighted by molar-refractivity contribution is 5.30. The lowest BCUT2D eigenvalue weighted by molar-refractivity contribution is 0.250. The zero-order valence-electron chi connectivity index (χ0n) is 7.42. The first-order chi connectivity index (χ1) is 5.79. The maximum absolute atomic E-state index is 9.56. The van der Waals surface area contributed by atoms with Crippen molar-refractivity contribution in [2.24, 2.45) is 0 Å². The fraction of sp³-hybridized carbons (Fsp3) is 0.455. The van der Waals surface area contributed by atoms with Crippen LogP contribution in [0, 0.1) is 0 Å². The second-order valence-corrected chi connectivity index (χ2v) is 3.14. The first-order valence-electron chi connectivity index (χ1n) is 4.44. The van der Waals surface area contributed by atoms with Crippen LogP contribution >= 0.6 is 0 Å². The van der Waals surface area contributed by atoms with Crippen molar-refractivity contribution < 1.29 is 5.11 Å². The van der Waals surface area contributed by atoms with Crippen molar-refractivity contribution in [3.63, 3.8) is 0 Å². The van der Waals surface area contributed by atoms with Gasteiger partial charge in [-0.15, -0.1) is 6.58 Å². The molecule has 0 aromatic carbocycles. The van der Waals surface area contributed by atoms with Crippen molar-refractivity contribution in [2.75, 3.05) is 0 Å². The molecule has 0 bridgehead atoms. The lowest BCUT2D eigenvalue weighted by atomic mass is 9.88. The van der Waals surface area contributed by atoms with E-state index in [1.54, 1.807) is 6.08 Å². The minimum atomic E-state index is -0.460. The highest BCUT2D eigenvalue weighted by Crippen LogP contribution is 2.27. The Kier molecular flexibility index (Phi) is 3.30. The maximum atomic E-state index is 9.56. The molecule has 0 saturated heterocycles. The minimum absolute atomic E-state index is 0.460. The topological polar surface area (TPSA) is 20.2 Å². The van der Waals surface area contributed by atoms with E-state index in [-0.39, 0.29) is 0 Å². The zero-order chi connectivity index (χ0) is 8.97. The van der Waals surface area contributed by atoms with Gasteiger partial charge in [0.1, 0.15) is 0 Å². The minimum Gasteiger partial charge on any atom is -0.385 e. The molecule has 0 radical (unpaired) electrons. The molecule has 0 fully saturated rings. The van der Waals surface area contributed by atoms with Gasteiger partial charge in [0.05, 0.1) is 6.10 Å². The van der Waals surface area contributed by atoms with Gasteiger partial charge in [0.15, 0.2) is 0 Å². The van der Waals surface area contributed by atoms with E-state index in [2.05, 4.69) is 13.2 Å². The van der Waals surface area contributed by atoms with Crippen molar-refractivity contribution in [1.82, 2.24) is 0 Å². The van der Waals surface area contributed by atoms with E-state index in [4.69, 9.17) is 0 Å². The molecule has 0 spiro atoms. The standard InChI is InChI=1S/C11H16O/c1-3-9-7-5-6-8-10(9)11(12)4-2/h3-4,11-12H,1-2,5-8H2. The molecule has 0 heterocycles. The molecular formula is C11H16O. The van der Waals surface area contributed by atoms with Crippen LogP contribution in [0.25, 0.3) is 0 Å². The Morgan fingerprint density at radius 1 is 1.25 bits per heavy atom. The summed E-state index contributed by atoms with van der Waals surface area (Å²) in [6, 6.07) is 0. The van der Waals surface area contributed by atoms with E-state index in [1.807, 2.05) is 6.08 Å². The highest BCUT2D eigenvalue weighted by Gasteiger charge is 2.14. The third-order valence-corrected chi connectivity index (χ3v) is 2.38. The van der Waals surface area contributed by atoms with E-state index in [1.165, 1.54) is 18.4 Å². The molecule has 1 aliphatic rings. The fourth-order valence-corrected chi connectivity index (χ4v) is 1.67. The summed E-state index contributed by atoms with van der Waals surface area (Å²) in [4.78, 5) is 0. The molecule has 1 rings (SSSR count). The number of aliphatic hydroxyl groups is 1. The van der Waals surface area contributed by atoms with E-state index in [0.717, 1.165) is 18.4 Å². The molecule has 0 saturated carbocycles. The second kappa shape index (κ2) is 4.27. The molecule has 1 nitrogen and oxygen atoms in total. The first kappa shape index (κ1) is 9.27. The number of hydrogen-bond donors (Lipinski definition) is 1. The summed E-state index contributed by atoms with van der Waals surface area (Å²) in [6.07, 6.45) is 7.44. The second-order valence-electron chi connectivity index (χ2n) is 3.14. The summed E-state index contributed by atoms with van der Waals surface area (Å²) in [5.74, 6) is 0. The Morgan fingerprint density at radius 3 is 2.50 bits per heavy atom. The van der Waals surface area contributed by atoms with Crippen molar-refractivity contribution in [2.45, 2.75) is 31.8 Å². The SMILES string of the molecule is C=CC1=C(C(O)C=C)CCCC1. The summed E-state index contributed by atoms with van der Waals surface area (Å²) in [6.45, 7) is 7.33. The lowest BCUT2D eigenvalue weighted by Gasteiger charge is -2.20. The Labute approximate surface area is 74.1 Å². The van der Waals surface area contributed by atoms with Crippen LogP contribution in [-0.2, 0) is 0 Å². The smallest absolute Gasteiger partial charge is 0.0934 e. The average Bonchev–Trinajstić information content (AvgIpc) is 2.16. The van der Waals surface area contributed by atoms with Gasteiger partial charge in [-0.2, -0.15) is 0 Å². The Balaban J connectivity index is 2.86. The van der Waals surface area contributed by atoms with Crippen LogP contribution in [0.5, 0.6) is 0 Å². The average molecular weight is 164 g/mol. The van der Waals surface area contributed by atoms with Gasteiger partial charge < -0.3 is 5.11 Å². The Morgan fingerprint density at radius 2 is 1.92 bits per heavy atom. The van der Waals surface area contributed by atoms with Gasteiger partial charge in [-0.05, 0) is 36.8 Å². The number of aliphatic hydroxyl groups excluding tert-OH is 1. The summed E-state index contributed by atoms with van der Waals surface area (Å²) < 4.78 is 0. The van der Waals surface area contributed by atoms with Gasteiger partial charge in [-0.3, -0.25) is 0 Å². The van der Waals surface area contributed by atoms with Gasteiger partial charge in [0.25, 0.3) is 0 Å². The van der Waals surface area contributed by atoms with Crippen LogP contribution in [-0.4, -0.2) is 11.2 Å². The predicted molar refractivity (Wildman–Crippen MR) is 51.9 cm³/mol. The van der Waals surface area contributed by atoms with E-state index in [9.17, 15) is 5.11 Å². The van der Waals surface area contributed by atoms with Crippen LogP contribution in [0.4, 0.5) is 0 Å². The molecule has 66 valence electrons. The summed E-state index contributed by atoms with van der Waals surface area (Å²) in [7, 11) is 0. The Hall–Kier alpha value is -0.820. The van der Waals surface area contributed by atoms with Crippen molar-refractivity contribution in [3.05, 3.63) is 36.5 Å².